The van der Waals surface area contributed by atoms with Crippen molar-refractivity contribution in [1.29, 1.82) is 0 Å². The maximum Gasteiger partial charge on any atom is 0.252 e. The molecule has 0 saturated heterocycles. The lowest BCUT2D eigenvalue weighted by atomic mass is 9.98. The minimum atomic E-state index is -0.455. The van der Waals surface area contributed by atoms with E-state index in [9.17, 15) is 4.79 Å². The summed E-state index contributed by atoms with van der Waals surface area (Å²) in [6, 6.07) is 7.89. The van der Waals surface area contributed by atoms with Gasteiger partial charge in [-0.1, -0.05) is 26.0 Å². The molecule has 0 heterocycles. The average Bonchev–Trinajstić information content (AvgIpc) is 2.36. The van der Waals surface area contributed by atoms with Crippen molar-refractivity contribution in [3.8, 4) is 0 Å². The van der Waals surface area contributed by atoms with Crippen LogP contribution in [0.5, 0.6) is 0 Å². The Labute approximate surface area is 96.7 Å². The largest absolute Gasteiger partial charge is 0.387 e. The van der Waals surface area contributed by atoms with Crippen LogP contribution in [0.25, 0.3) is 0 Å². The standard InChI is InChI=1S/C13H19NO2/c1-4-10(2)11-5-7-12(8-6-11)14(3)13(16)9-15/h5-8,10,15H,4,9H2,1-3H3. The Bertz CT molecular complexity index is 345. The van der Waals surface area contributed by atoms with Crippen LogP contribution in [-0.4, -0.2) is 24.7 Å². The summed E-state index contributed by atoms with van der Waals surface area (Å²) in [5.74, 6) is 0.240. The molecule has 0 spiro atoms. The fourth-order valence-electron chi connectivity index (χ4n) is 1.51. The van der Waals surface area contributed by atoms with Crippen molar-refractivity contribution in [3.05, 3.63) is 29.8 Å². The molecule has 0 aliphatic carbocycles. The van der Waals surface area contributed by atoms with Gasteiger partial charge in [0.05, 0.1) is 0 Å². The molecule has 0 bridgehead atoms. The first-order valence-electron chi connectivity index (χ1n) is 5.57. The predicted molar refractivity (Wildman–Crippen MR) is 65.6 cm³/mol. The van der Waals surface area contributed by atoms with Gasteiger partial charge in [-0.3, -0.25) is 4.79 Å². The highest BCUT2D eigenvalue weighted by atomic mass is 16.3. The van der Waals surface area contributed by atoms with Crippen molar-refractivity contribution in [1.82, 2.24) is 0 Å². The van der Waals surface area contributed by atoms with E-state index in [0.29, 0.717) is 5.92 Å². The van der Waals surface area contributed by atoms with E-state index in [1.807, 2.05) is 24.3 Å². The van der Waals surface area contributed by atoms with E-state index >= 15 is 0 Å². The summed E-state index contributed by atoms with van der Waals surface area (Å²) in [6.07, 6.45) is 1.10. The van der Waals surface area contributed by atoms with Crippen molar-refractivity contribution >= 4 is 11.6 Å². The van der Waals surface area contributed by atoms with Crippen molar-refractivity contribution < 1.29 is 9.90 Å². The zero-order chi connectivity index (χ0) is 12.1. The summed E-state index contributed by atoms with van der Waals surface area (Å²) in [4.78, 5) is 12.7. The van der Waals surface area contributed by atoms with Crippen LogP contribution in [0.2, 0.25) is 0 Å². The molecule has 1 rings (SSSR count). The Morgan fingerprint density at radius 2 is 1.94 bits per heavy atom. The summed E-state index contributed by atoms with van der Waals surface area (Å²) in [7, 11) is 1.66. The molecule has 0 fully saturated rings. The minimum absolute atomic E-state index is 0.295. The molecular weight excluding hydrogens is 202 g/mol. The molecule has 0 radical (unpaired) electrons. The fraction of sp³-hybridized carbons (Fsp3) is 0.462. The number of anilines is 1. The lowest BCUT2D eigenvalue weighted by Crippen LogP contribution is -2.28. The quantitative estimate of drug-likeness (QED) is 0.846. The molecule has 1 aromatic rings. The molecule has 1 N–H and O–H groups in total. The van der Waals surface area contributed by atoms with E-state index < -0.39 is 6.61 Å². The van der Waals surface area contributed by atoms with Crippen LogP contribution in [0.15, 0.2) is 24.3 Å². The van der Waals surface area contributed by atoms with Gasteiger partial charge in [-0.2, -0.15) is 0 Å². The van der Waals surface area contributed by atoms with Crippen molar-refractivity contribution in [2.45, 2.75) is 26.2 Å². The third-order valence-electron chi connectivity index (χ3n) is 2.97. The van der Waals surface area contributed by atoms with E-state index in [4.69, 9.17) is 5.11 Å². The molecule has 1 atom stereocenters. The van der Waals surface area contributed by atoms with Crippen molar-refractivity contribution in [3.63, 3.8) is 0 Å². The highest BCUT2D eigenvalue weighted by molar-refractivity contribution is 5.93. The first kappa shape index (κ1) is 12.7. The number of aliphatic hydroxyl groups excluding tert-OH is 1. The highest BCUT2D eigenvalue weighted by Gasteiger charge is 2.09. The van der Waals surface area contributed by atoms with Crippen LogP contribution in [0, 0.1) is 0 Å². The van der Waals surface area contributed by atoms with Gasteiger partial charge in [-0.05, 0) is 30.0 Å². The first-order chi connectivity index (χ1) is 7.60. The number of carbonyl (C=O) groups is 1. The van der Waals surface area contributed by atoms with Crippen LogP contribution in [0.4, 0.5) is 5.69 Å². The topological polar surface area (TPSA) is 40.5 Å². The molecule has 88 valence electrons. The molecule has 0 aromatic heterocycles. The minimum Gasteiger partial charge on any atom is -0.387 e. The maximum atomic E-state index is 11.3. The number of nitrogens with zero attached hydrogens (tertiary/aromatic N) is 1. The van der Waals surface area contributed by atoms with Crippen LogP contribution in [0.1, 0.15) is 31.7 Å². The zero-order valence-corrected chi connectivity index (χ0v) is 10.1. The van der Waals surface area contributed by atoms with Crippen LogP contribution >= 0.6 is 0 Å². The highest BCUT2D eigenvalue weighted by Crippen LogP contribution is 2.21. The Morgan fingerprint density at radius 3 is 2.38 bits per heavy atom. The van der Waals surface area contributed by atoms with Gasteiger partial charge >= 0.3 is 0 Å². The van der Waals surface area contributed by atoms with E-state index in [1.165, 1.54) is 10.5 Å². The number of carbonyl (C=O) groups excluding carboxylic acids is 1. The summed E-state index contributed by atoms with van der Waals surface area (Å²) in [5.41, 5.74) is 2.09. The zero-order valence-electron chi connectivity index (χ0n) is 10.1. The maximum absolute atomic E-state index is 11.3. The Hall–Kier alpha value is -1.35. The van der Waals surface area contributed by atoms with Gasteiger partial charge in [0, 0.05) is 12.7 Å². The number of likely N-dealkylation sites (N-methyl/N-ethyl adjacent to an activating group) is 1. The fourth-order valence-corrected chi connectivity index (χ4v) is 1.51. The number of rotatable bonds is 4. The summed E-state index contributed by atoms with van der Waals surface area (Å²) in [6.45, 7) is 3.88. The van der Waals surface area contributed by atoms with Gasteiger partial charge in [-0.25, -0.2) is 0 Å². The van der Waals surface area contributed by atoms with Gasteiger partial charge in [0.1, 0.15) is 6.61 Å². The van der Waals surface area contributed by atoms with E-state index in [2.05, 4.69) is 13.8 Å². The van der Waals surface area contributed by atoms with E-state index in [1.54, 1.807) is 7.05 Å². The summed E-state index contributed by atoms with van der Waals surface area (Å²) in [5, 5.41) is 8.76. The summed E-state index contributed by atoms with van der Waals surface area (Å²) >= 11 is 0. The van der Waals surface area contributed by atoms with Crippen LogP contribution in [-0.2, 0) is 4.79 Å². The molecule has 3 heteroatoms. The van der Waals surface area contributed by atoms with E-state index in [0.717, 1.165) is 12.1 Å². The van der Waals surface area contributed by atoms with Crippen molar-refractivity contribution in [2.24, 2.45) is 0 Å². The molecule has 0 aliphatic rings. The van der Waals surface area contributed by atoms with Crippen molar-refractivity contribution in [2.75, 3.05) is 18.6 Å². The number of hydrogen-bond donors (Lipinski definition) is 1. The predicted octanol–water partition coefficient (Wildman–Crippen LogP) is 2.16. The van der Waals surface area contributed by atoms with Crippen LogP contribution < -0.4 is 4.90 Å². The molecule has 0 aliphatic heterocycles. The lowest BCUT2D eigenvalue weighted by Gasteiger charge is -2.17. The Kier molecular flexibility index (Phi) is 4.50. The monoisotopic (exact) mass is 221 g/mol. The van der Waals surface area contributed by atoms with Gasteiger partial charge in [-0.15, -0.1) is 0 Å². The molecule has 3 nitrogen and oxygen atoms in total. The lowest BCUT2D eigenvalue weighted by molar-refractivity contribution is -0.120. The second kappa shape index (κ2) is 5.66. The van der Waals surface area contributed by atoms with Gasteiger partial charge in [0.25, 0.3) is 5.91 Å². The van der Waals surface area contributed by atoms with Gasteiger partial charge in [0.2, 0.25) is 0 Å². The molecule has 0 saturated carbocycles. The number of hydrogen-bond acceptors (Lipinski definition) is 2. The Morgan fingerprint density at radius 1 is 1.38 bits per heavy atom. The first-order valence-corrected chi connectivity index (χ1v) is 5.57. The van der Waals surface area contributed by atoms with Gasteiger partial charge < -0.3 is 10.0 Å². The second-order valence-electron chi connectivity index (χ2n) is 4.01. The molecule has 1 amide bonds. The van der Waals surface area contributed by atoms with Gasteiger partial charge in [0.15, 0.2) is 0 Å². The molecule has 1 unspecified atom stereocenters. The number of aliphatic hydroxyl groups is 1. The average molecular weight is 221 g/mol. The van der Waals surface area contributed by atoms with Crippen LogP contribution in [0.3, 0.4) is 0 Å². The molecule has 1 aromatic carbocycles. The Balaban J connectivity index is 2.82. The SMILES string of the molecule is CCC(C)c1ccc(N(C)C(=O)CO)cc1. The summed E-state index contributed by atoms with van der Waals surface area (Å²) < 4.78 is 0. The molecular formula is C13H19NO2. The smallest absolute Gasteiger partial charge is 0.252 e. The number of benzene rings is 1. The third kappa shape index (κ3) is 2.83. The second-order valence-corrected chi connectivity index (χ2v) is 4.01. The normalized spacial score (nSPS) is 12.2. The third-order valence-corrected chi connectivity index (χ3v) is 2.97. The van der Waals surface area contributed by atoms with E-state index in [-0.39, 0.29) is 5.91 Å². The number of amides is 1. The molecule has 16 heavy (non-hydrogen) atoms.